The van der Waals surface area contributed by atoms with E-state index in [0.29, 0.717) is 39.7 Å². The van der Waals surface area contributed by atoms with Gasteiger partial charge < -0.3 is 9.84 Å². The SMILES string of the molecule is Cc1nn(Cc2c(C(=O)Nc3nn(Cc4ccc(Br)cc4)cc3Br)noc2C)c(C)c1Cl. The fraction of sp³-hybridized carbons (Fsp3) is 0.238. The Balaban J connectivity index is 1.53. The number of carbonyl (C=O) groups excluding carboxylic acids is 1. The van der Waals surface area contributed by atoms with Gasteiger partial charge in [-0.3, -0.25) is 14.2 Å². The molecule has 0 aliphatic rings. The molecule has 0 saturated carbocycles. The second kappa shape index (κ2) is 9.21. The predicted octanol–water partition coefficient (Wildman–Crippen LogP) is 5.52. The van der Waals surface area contributed by atoms with E-state index in [1.807, 2.05) is 44.3 Å². The molecule has 1 aromatic carbocycles. The van der Waals surface area contributed by atoms with Gasteiger partial charge in [0.25, 0.3) is 5.91 Å². The van der Waals surface area contributed by atoms with Crippen LogP contribution in [0.1, 0.15) is 38.8 Å². The quantitative estimate of drug-likeness (QED) is 0.323. The van der Waals surface area contributed by atoms with Gasteiger partial charge in [-0.15, -0.1) is 0 Å². The van der Waals surface area contributed by atoms with Crippen LogP contribution in [0.2, 0.25) is 5.02 Å². The molecule has 0 bridgehead atoms. The predicted molar refractivity (Wildman–Crippen MR) is 128 cm³/mol. The van der Waals surface area contributed by atoms with Crippen LogP contribution in [0.15, 0.2) is 43.9 Å². The highest BCUT2D eigenvalue weighted by Gasteiger charge is 2.23. The standard InChI is InChI=1S/C21H19Br2ClN6O2/c1-11-18(24)12(2)30(26-11)9-16-13(3)32-28-19(16)21(31)25-20-17(23)10-29(27-20)8-14-4-6-15(22)7-5-14/h4-7,10H,8-9H2,1-3H3,(H,25,27,31). The maximum Gasteiger partial charge on any atom is 0.279 e. The Labute approximate surface area is 206 Å². The summed E-state index contributed by atoms with van der Waals surface area (Å²) >= 11 is 13.1. The van der Waals surface area contributed by atoms with Crippen LogP contribution in [0.25, 0.3) is 0 Å². The first-order chi connectivity index (χ1) is 15.2. The van der Waals surface area contributed by atoms with Crippen molar-refractivity contribution in [3.63, 3.8) is 0 Å². The molecule has 4 rings (SSSR count). The highest BCUT2D eigenvalue weighted by molar-refractivity contribution is 9.10. The number of amides is 1. The first-order valence-corrected chi connectivity index (χ1v) is 11.6. The number of hydrogen-bond donors (Lipinski definition) is 1. The normalized spacial score (nSPS) is 11.2. The van der Waals surface area contributed by atoms with E-state index in [2.05, 4.69) is 52.5 Å². The van der Waals surface area contributed by atoms with E-state index in [4.69, 9.17) is 16.1 Å². The second-order valence-electron chi connectivity index (χ2n) is 7.31. The van der Waals surface area contributed by atoms with Crippen LogP contribution >= 0.6 is 43.5 Å². The van der Waals surface area contributed by atoms with Gasteiger partial charge in [-0.2, -0.15) is 10.2 Å². The molecule has 0 aliphatic heterocycles. The van der Waals surface area contributed by atoms with Gasteiger partial charge in [0.2, 0.25) is 0 Å². The molecule has 8 nitrogen and oxygen atoms in total. The van der Waals surface area contributed by atoms with Crippen molar-refractivity contribution in [2.24, 2.45) is 0 Å². The number of carbonyl (C=O) groups is 1. The van der Waals surface area contributed by atoms with Crippen molar-refractivity contribution >= 4 is 55.2 Å². The molecule has 0 unspecified atom stereocenters. The topological polar surface area (TPSA) is 90.8 Å². The lowest BCUT2D eigenvalue weighted by Crippen LogP contribution is -2.17. The molecule has 1 amide bonds. The number of nitrogens with one attached hydrogen (secondary N) is 1. The molecule has 1 N–H and O–H groups in total. The molecule has 4 aromatic rings. The highest BCUT2D eigenvalue weighted by atomic mass is 79.9. The van der Waals surface area contributed by atoms with E-state index in [1.165, 1.54) is 0 Å². The molecule has 166 valence electrons. The third-order valence-electron chi connectivity index (χ3n) is 5.01. The molecular weight excluding hydrogens is 564 g/mol. The molecule has 0 spiro atoms. The van der Waals surface area contributed by atoms with E-state index in [-0.39, 0.29) is 5.69 Å². The first kappa shape index (κ1) is 22.8. The second-order valence-corrected chi connectivity index (χ2v) is 9.46. The Morgan fingerprint density at radius 1 is 1.12 bits per heavy atom. The fourth-order valence-corrected chi connectivity index (χ4v) is 4.06. The van der Waals surface area contributed by atoms with Crippen molar-refractivity contribution < 1.29 is 9.32 Å². The zero-order valence-electron chi connectivity index (χ0n) is 17.5. The summed E-state index contributed by atoms with van der Waals surface area (Å²) in [6.07, 6.45) is 1.81. The molecule has 0 atom stereocenters. The van der Waals surface area contributed by atoms with Gasteiger partial charge in [-0.1, -0.05) is 44.8 Å². The van der Waals surface area contributed by atoms with Crippen molar-refractivity contribution in [1.29, 1.82) is 0 Å². The fourth-order valence-electron chi connectivity index (χ4n) is 3.24. The average molecular weight is 583 g/mol. The minimum absolute atomic E-state index is 0.181. The van der Waals surface area contributed by atoms with Crippen molar-refractivity contribution in [3.8, 4) is 0 Å². The molecule has 0 aliphatic carbocycles. The number of aromatic nitrogens is 5. The van der Waals surface area contributed by atoms with Crippen LogP contribution in [0, 0.1) is 20.8 Å². The summed E-state index contributed by atoms with van der Waals surface area (Å²) in [6.45, 7) is 6.35. The molecule has 11 heteroatoms. The van der Waals surface area contributed by atoms with Gasteiger partial charge in [0.15, 0.2) is 11.5 Å². The lowest BCUT2D eigenvalue weighted by molar-refractivity contribution is 0.101. The highest BCUT2D eigenvalue weighted by Crippen LogP contribution is 2.25. The number of rotatable bonds is 6. The number of benzene rings is 1. The summed E-state index contributed by atoms with van der Waals surface area (Å²) in [5.41, 5.74) is 3.44. The smallest absolute Gasteiger partial charge is 0.279 e. The summed E-state index contributed by atoms with van der Waals surface area (Å²) in [5, 5.41) is 16.3. The van der Waals surface area contributed by atoms with Gasteiger partial charge in [-0.25, -0.2) is 0 Å². The molecule has 0 saturated heterocycles. The third kappa shape index (κ3) is 4.67. The van der Waals surface area contributed by atoms with Crippen molar-refractivity contribution in [2.45, 2.75) is 33.9 Å². The number of nitrogens with zero attached hydrogens (tertiary/aromatic N) is 5. The first-order valence-electron chi connectivity index (χ1n) is 9.66. The van der Waals surface area contributed by atoms with Crippen LogP contribution in [0.3, 0.4) is 0 Å². The Hall–Kier alpha value is -2.43. The Morgan fingerprint density at radius 3 is 2.50 bits per heavy atom. The monoisotopic (exact) mass is 580 g/mol. The lowest BCUT2D eigenvalue weighted by atomic mass is 10.2. The van der Waals surface area contributed by atoms with Crippen LogP contribution in [-0.2, 0) is 13.1 Å². The number of halogens is 3. The largest absolute Gasteiger partial charge is 0.361 e. The van der Waals surface area contributed by atoms with Crippen molar-refractivity contribution in [3.05, 3.63) is 78.4 Å². The van der Waals surface area contributed by atoms with E-state index >= 15 is 0 Å². The van der Waals surface area contributed by atoms with Gasteiger partial charge >= 0.3 is 0 Å². The Kier molecular flexibility index (Phi) is 6.55. The van der Waals surface area contributed by atoms with Crippen molar-refractivity contribution in [1.82, 2.24) is 24.7 Å². The summed E-state index contributed by atoms with van der Waals surface area (Å²) < 4.78 is 10.5. The lowest BCUT2D eigenvalue weighted by Gasteiger charge is -2.06. The van der Waals surface area contributed by atoms with Crippen LogP contribution in [0.4, 0.5) is 5.82 Å². The van der Waals surface area contributed by atoms with E-state index < -0.39 is 5.91 Å². The molecule has 3 aromatic heterocycles. The van der Waals surface area contributed by atoms with Gasteiger partial charge in [0.05, 0.1) is 34.0 Å². The maximum absolute atomic E-state index is 13.0. The van der Waals surface area contributed by atoms with E-state index in [0.717, 1.165) is 21.4 Å². The Bertz CT molecular complexity index is 1290. The summed E-state index contributed by atoms with van der Waals surface area (Å²) in [6, 6.07) is 7.96. The van der Waals surface area contributed by atoms with Crippen LogP contribution < -0.4 is 5.32 Å². The minimum Gasteiger partial charge on any atom is -0.361 e. The third-order valence-corrected chi connectivity index (χ3v) is 6.66. The minimum atomic E-state index is -0.418. The summed E-state index contributed by atoms with van der Waals surface area (Å²) in [4.78, 5) is 13.0. The molecule has 3 heterocycles. The zero-order valence-corrected chi connectivity index (χ0v) is 21.4. The number of hydrogen-bond acceptors (Lipinski definition) is 5. The Morgan fingerprint density at radius 2 is 1.84 bits per heavy atom. The molecule has 0 fully saturated rings. The van der Waals surface area contributed by atoms with Crippen LogP contribution in [0.5, 0.6) is 0 Å². The van der Waals surface area contributed by atoms with Crippen molar-refractivity contribution in [2.75, 3.05) is 5.32 Å². The summed E-state index contributed by atoms with van der Waals surface area (Å²) in [5.74, 6) is 0.519. The van der Waals surface area contributed by atoms with E-state index in [9.17, 15) is 4.79 Å². The van der Waals surface area contributed by atoms with Gasteiger partial charge in [0.1, 0.15) is 5.76 Å². The van der Waals surface area contributed by atoms with E-state index in [1.54, 1.807) is 16.3 Å². The number of aryl methyl sites for hydroxylation is 2. The summed E-state index contributed by atoms with van der Waals surface area (Å²) in [7, 11) is 0. The van der Waals surface area contributed by atoms with Gasteiger partial charge in [-0.05, 0) is 54.4 Å². The average Bonchev–Trinajstić information content (AvgIpc) is 3.36. The molecule has 32 heavy (non-hydrogen) atoms. The van der Waals surface area contributed by atoms with Crippen LogP contribution in [-0.4, -0.2) is 30.6 Å². The van der Waals surface area contributed by atoms with Gasteiger partial charge in [0, 0.05) is 16.2 Å². The number of anilines is 1. The molecular formula is C21H19Br2ClN6O2. The maximum atomic E-state index is 13.0. The zero-order chi connectivity index (χ0) is 23.0. The molecule has 0 radical (unpaired) electrons.